The molecule has 0 amide bonds. The van der Waals surface area contributed by atoms with Gasteiger partial charge < -0.3 is 19.5 Å². The smallest absolute Gasteiger partial charge is 0.0701 e. The summed E-state index contributed by atoms with van der Waals surface area (Å²) >= 11 is 0. The molecule has 1 aromatic rings. The standard InChI is InChI=1S/C16H27NO3/c1-15-4-3-5-16(14-15)6-7-17-8-9-19-12-13-20-11-10-18-2/h3-5,14,17H,6-13H2,1-2H3. The number of methoxy groups -OCH3 is 1. The zero-order valence-corrected chi connectivity index (χ0v) is 12.7. The zero-order valence-electron chi connectivity index (χ0n) is 12.7. The van der Waals surface area contributed by atoms with Crippen molar-refractivity contribution in [3.8, 4) is 0 Å². The Morgan fingerprint density at radius 1 is 0.950 bits per heavy atom. The van der Waals surface area contributed by atoms with Gasteiger partial charge >= 0.3 is 0 Å². The first-order valence-electron chi connectivity index (χ1n) is 7.23. The maximum absolute atomic E-state index is 5.46. The molecule has 1 rings (SSSR count). The fourth-order valence-electron chi connectivity index (χ4n) is 1.83. The average molecular weight is 281 g/mol. The molecular weight excluding hydrogens is 254 g/mol. The lowest BCUT2D eigenvalue weighted by Gasteiger charge is -2.07. The van der Waals surface area contributed by atoms with Crippen molar-refractivity contribution in [2.24, 2.45) is 0 Å². The molecule has 4 nitrogen and oxygen atoms in total. The summed E-state index contributed by atoms with van der Waals surface area (Å²) in [6, 6.07) is 8.63. The molecule has 0 fully saturated rings. The van der Waals surface area contributed by atoms with Gasteiger partial charge in [0.2, 0.25) is 0 Å². The van der Waals surface area contributed by atoms with Crippen molar-refractivity contribution < 1.29 is 14.2 Å². The van der Waals surface area contributed by atoms with Crippen LogP contribution in [0.25, 0.3) is 0 Å². The molecule has 0 saturated carbocycles. The van der Waals surface area contributed by atoms with E-state index in [1.54, 1.807) is 7.11 Å². The van der Waals surface area contributed by atoms with Crippen LogP contribution < -0.4 is 5.32 Å². The molecule has 0 unspecified atom stereocenters. The van der Waals surface area contributed by atoms with E-state index in [1.165, 1.54) is 11.1 Å². The molecule has 0 aliphatic heterocycles. The summed E-state index contributed by atoms with van der Waals surface area (Å²) in [5.74, 6) is 0. The highest BCUT2D eigenvalue weighted by Gasteiger charge is 1.94. The van der Waals surface area contributed by atoms with Crippen molar-refractivity contribution in [3.63, 3.8) is 0 Å². The van der Waals surface area contributed by atoms with Gasteiger partial charge in [-0.05, 0) is 25.5 Å². The number of ether oxygens (including phenoxy) is 3. The fourth-order valence-corrected chi connectivity index (χ4v) is 1.83. The first-order chi connectivity index (χ1) is 9.83. The van der Waals surface area contributed by atoms with Crippen molar-refractivity contribution in [2.75, 3.05) is 53.2 Å². The van der Waals surface area contributed by atoms with Crippen LogP contribution >= 0.6 is 0 Å². The van der Waals surface area contributed by atoms with Crippen LogP contribution in [0.4, 0.5) is 0 Å². The lowest BCUT2D eigenvalue weighted by Crippen LogP contribution is -2.23. The normalized spacial score (nSPS) is 10.9. The van der Waals surface area contributed by atoms with Gasteiger partial charge in [-0.25, -0.2) is 0 Å². The number of benzene rings is 1. The Balaban J connectivity index is 1.85. The second kappa shape index (κ2) is 11.9. The number of aryl methyl sites for hydroxylation is 1. The van der Waals surface area contributed by atoms with Gasteiger partial charge in [0.25, 0.3) is 0 Å². The highest BCUT2D eigenvalue weighted by atomic mass is 16.5. The Bertz CT molecular complexity index is 344. The minimum Gasteiger partial charge on any atom is -0.382 e. The summed E-state index contributed by atoms with van der Waals surface area (Å²) < 4.78 is 15.6. The highest BCUT2D eigenvalue weighted by Crippen LogP contribution is 2.03. The molecule has 114 valence electrons. The van der Waals surface area contributed by atoms with Crippen LogP contribution in [0.5, 0.6) is 0 Å². The molecule has 0 aliphatic rings. The second-order valence-electron chi connectivity index (χ2n) is 4.71. The van der Waals surface area contributed by atoms with E-state index in [1.807, 2.05) is 0 Å². The second-order valence-corrected chi connectivity index (χ2v) is 4.71. The summed E-state index contributed by atoms with van der Waals surface area (Å²) in [4.78, 5) is 0. The molecule has 1 N–H and O–H groups in total. The van der Waals surface area contributed by atoms with Gasteiger partial charge in [0.05, 0.1) is 33.0 Å². The number of nitrogens with one attached hydrogen (secondary N) is 1. The van der Waals surface area contributed by atoms with Crippen LogP contribution in [0.1, 0.15) is 11.1 Å². The number of hydrogen-bond acceptors (Lipinski definition) is 4. The third-order valence-corrected chi connectivity index (χ3v) is 2.90. The summed E-state index contributed by atoms with van der Waals surface area (Å²) in [5.41, 5.74) is 2.70. The Labute approximate surface area is 122 Å². The van der Waals surface area contributed by atoms with Gasteiger partial charge in [-0.1, -0.05) is 29.8 Å². The Kier molecular flexibility index (Phi) is 10.1. The van der Waals surface area contributed by atoms with Crippen LogP contribution in [0.3, 0.4) is 0 Å². The summed E-state index contributed by atoms with van der Waals surface area (Å²) in [6.45, 7) is 7.26. The first-order valence-corrected chi connectivity index (χ1v) is 7.23. The topological polar surface area (TPSA) is 39.7 Å². The minimum atomic E-state index is 0.632. The van der Waals surface area contributed by atoms with Crippen LogP contribution in [0.15, 0.2) is 24.3 Å². The summed E-state index contributed by atoms with van der Waals surface area (Å²) in [6.07, 6.45) is 1.06. The SMILES string of the molecule is COCCOCCOCCNCCc1cccc(C)c1. The maximum atomic E-state index is 5.46. The van der Waals surface area contributed by atoms with Gasteiger partial charge in [0.1, 0.15) is 0 Å². The zero-order chi connectivity index (χ0) is 14.5. The molecule has 0 bridgehead atoms. The first kappa shape index (κ1) is 17.1. The highest BCUT2D eigenvalue weighted by molar-refractivity contribution is 5.22. The van der Waals surface area contributed by atoms with Crippen LogP contribution in [0.2, 0.25) is 0 Å². The molecule has 0 spiro atoms. The van der Waals surface area contributed by atoms with Crippen LogP contribution in [-0.4, -0.2) is 53.2 Å². The number of rotatable bonds is 12. The van der Waals surface area contributed by atoms with E-state index < -0.39 is 0 Å². The minimum absolute atomic E-state index is 0.632. The molecule has 4 heteroatoms. The van der Waals surface area contributed by atoms with Crippen molar-refractivity contribution in [1.82, 2.24) is 5.32 Å². The molecule has 0 radical (unpaired) electrons. The third kappa shape index (κ3) is 9.04. The Morgan fingerprint density at radius 3 is 2.45 bits per heavy atom. The molecule has 20 heavy (non-hydrogen) atoms. The Hall–Kier alpha value is -0.940. The van der Waals surface area contributed by atoms with E-state index in [9.17, 15) is 0 Å². The quantitative estimate of drug-likeness (QED) is 0.593. The van der Waals surface area contributed by atoms with Gasteiger partial charge in [-0.2, -0.15) is 0 Å². The predicted molar refractivity (Wildman–Crippen MR) is 81.3 cm³/mol. The lowest BCUT2D eigenvalue weighted by molar-refractivity contribution is 0.0256. The maximum Gasteiger partial charge on any atom is 0.0701 e. The lowest BCUT2D eigenvalue weighted by atomic mass is 10.1. The van der Waals surface area contributed by atoms with E-state index in [0.717, 1.165) is 26.1 Å². The van der Waals surface area contributed by atoms with Gasteiger partial charge in [-0.15, -0.1) is 0 Å². The van der Waals surface area contributed by atoms with Crippen molar-refractivity contribution in [2.45, 2.75) is 13.3 Å². The van der Waals surface area contributed by atoms with Gasteiger partial charge in [0.15, 0.2) is 0 Å². The van der Waals surface area contributed by atoms with Crippen molar-refractivity contribution in [1.29, 1.82) is 0 Å². The van der Waals surface area contributed by atoms with E-state index in [-0.39, 0.29) is 0 Å². The number of hydrogen-bond donors (Lipinski definition) is 1. The van der Waals surface area contributed by atoms with E-state index in [0.29, 0.717) is 26.4 Å². The third-order valence-electron chi connectivity index (χ3n) is 2.90. The van der Waals surface area contributed by atoms with Crippen molar-refractivity contribution >= 4 is 0 Å². The largest absolute Gasteiger partial charge is 0.382 e. The molecule has 1 aromatic carbocycles. The molecule has 0 heterocycles. The van der Waals surface area contributed by atoms with Crippen molar-refractivity contribution in [3.05, 3.63) is 35.4 Å². The summed E-state index contributed by atoms with van der Waals surface area (Å²) in [7, 11) is 1.67. The Morgan fingerprint density at radius 2 is 1.70 bits per heavy atom. The van der Waals surface area contributed by atoms with E-state index in [2.05, 4.69) is 36.5 Å². The molecule has 0 atom stereocenters. The van der Waals surface area contributed by atoms with Crippen LogP contribution in [0, 0.1) is 6.92 Å². The van der Waals surface area contributed by atoms with Crippen LogP contribution in [-0.2, 0) is 20.6 Å². The molecule has 0 aromatic heterocycles. The van der Waals surface area contributed by atoms with E-state index >= 15 is 0 Å². The summed E-state index contributed by atoms with van der Waals surface area (Å²) in [5, 5.41) is 3.38. The van der Waals surface area contributed by atoms with Gasteiger partial charge in [-0.3, -0.25) is 0 Å². The predicted octanol–water partition coefficient (Wildman–Crippen LogP) is 1.81. The van der Waals surface area contributed by atoms with E-state index in [4.69, 9.17) is 14.2 Å². The molecular formula is C16H27NO3. The average Bonchev–Trinajstić information content (AvgIpc) is 2.45. The molecule has 0 aliphatic carbocycles. The van der Waals surface area contributed by atoms with Gasteiger partial charge in [0, 0.05) is 13.7 Å². The molecule has 0 saturated heterocycles. The monoisotopic (exact) mass is 281 g/mol. The fraction of sp³-hybridized carbons (Fsp3) is 0.625.